The lowest BCUT2D eigenvalue weighted by Gasteiger charge is -2.12. The van der Waals surface area contributed by atoms with Crippen LogP contribution in [-0.2, 0) is 16.4 Å². The van der Waals surface area contributed by atoms with Crippen LogP contribution in [0.25, 0.3) is 21.3 Å². The first kappa shape index (κ1) is 21.9. The maximum atomic E-state index is 13.3. The summed E-state index contributed by atoms with van der Waals surface area (Å²) < 4.78 is 25.7. The number of anilines is 1. The first-order valence-corrected chi connectivity index (χ1v) is 12.9. The predicted molar refractivity (Wildman–Crippen MR) is 132 cm³/mol. The molecule has 2 aromatic carbocycles. The maximum Gasteiger partial charge on any atom is 0.265 e. The Bertz CT molecular complexity index is 1730. The molecule has 1 N–H and O–H groups in total. The van der Waals surface area contributed by atoms with E-state index in [9.17, 15) is 18.0 Å². The van der Waals surface area contributed by atoms with Crippen LogP contribution in [0.1, 0.15) is 15.9 Å². The van der Waals surface area contributed by atoms with Crippen LogP contribution in [0.5, 0.6) is 0 Å². The Balaban J connectivity index is 1.53. The third-order valence-electron chi connectivity index (χ3n) is 5.28. The second-order valence-corrected chi connectivity index (χ2v) is 10.8. The molecule has 0 unspecified atom stereocenters. The van der Waals surface area contributed by atoms with Crippen LogP contribution in [0.15, 0.2) is 82.6 Å². The summed E-state index contributed by atoms with van der Waals surface area (Å²) in [6.07, 6.45) is 2.74. The lowest BCUT2D eigenvalue weighted by atomic mass is 10.1. The number of pyridine rings is 2. The Morgan fingerprint density at radius 1 is 1.06 bits per heavy atom. The maximum absolute atomic E-state index is 13.3. The van der Waals surface area contributed by atoms with E-state index in [1.807, 2.05) is 30.3 Å². The molecule has 0 bridgehead atoms. The molecule has 0 radical (unpaired) electrons. The lowest BCUT2D eigenvalue weighted by Crippen LogP contribution is -2.30. The van der Waals surface area contributed by atoms with Gasteiger partial charge in [0.2, 0.25) is 0 Å². The summed E-state index contributed by atoms with van der Waals surface area (Å²) in [5.74, 6) is -0.597. The molecule has 0 saturated heterocycles. The van der Waals surface area contributed by atoms with Gasteiger partial charge >= 0.3 is 0 Å². The quantitative estimate of drug-likeness (QED) is 0.402. The van der Waals surface area contributed by atoms with Crippen molar-refractivity contribution in [2.24, 2.45) is 0 Å². The van der Waals surface area contributed by atoms with E-state index in [2.05, 4.69) is 15.3 Å². The average Bonchev–Trinajstić information content (AvgIpc) is 3.22. The van der Waals surface area contributed by atoms with Gasteiger partial charge in [-0.3, -0.25) is 19.5 Å². The number of thiazole rings is 1. The summed E-state index contributed by atoms with van der Waals surface area (Å²) in [5, 5.41) is 3.61. The van der Waals surface area contributed by atoms with E-state index in [4.69, 9.17) is 0 Å². The number of rotatable bonds is 5. The van der Waals surface area contributed by atoms with Gasteiger partial charge in [-0.2, -0.15) is 0 Å². The zero-order valence-electron chi connectivity index (χ0n) is 17.9. The highest BCUT2D eigenvalue weighted by atomic mass is 32.2. The minimum absolute atomic E-state index is 0.0347. The van der Waals surface area contributed by atoms with E-state index in [0.29, 0.717) is 21.3 Å². The lowest BCUT2D eigenvalue weighted by molar-refractivity contribution is 0.102. The molecule has 0 saturated carbocycles. The molecule has 0 aliphatic rings. The molecule has 0 aliphatic carbocycles. The Hall–Kier alpha value is -3.89. The minimum atomic E-state index is -3.37. The van der Waals surface area contributed by atoms with Crippen molar-refractivity contribution in [3.05, 3.63) is 94.4 Å². The number of nitrogens with zero attached hydrogens (tertiary/aromatic N) is 3. The third kappa shape index (κ3) is 4.20. The Kier molecular flexibility index (Phi) is 5.46. The standard InChI is InChI=1S/C24H18N4O4S2/c1-34(31,32)17-9-10-19-20(13-17)33-24(26-19)27-22(29)18-12-16-8-5-11-25-21(16)28(23(18)30)14-15-6-3-2-4-7-15/h2-13H,14H2,1H3,(H,26,27,29). The molecular formula is C24H18N4O4S2. The summed E-state index contributed by atoms with van der Waals surface area (Å²) in [4.78, 5) is 35.3. The van der Waals surface area contributed by atoms with Crippen LogP contribution in [0.4, 0.5) is 5.13 Å². The topological polar surface area (TPSA) is 111 Å². The Morgan fingerprint density at radius 2 is 1.85 bits per heavy atom. The van der Waals surface area contributed by atoms with E-state index in [-0.39, 0.29) is 22.1 Å². The molecule has 1 amide bonds. The molecule has 3 heterocycles. The van der Waals surface area contributed by atoms with Gasteiger partial charge < -0.3 is 0 Å². The fourth-order valence-corrected chi connectivity index (χ4v) is 5.26. The average molecular weight is 491 g/mol. The molecule has 3 aromatic heterocycles. The summed E-state index contributed by atoms with van der Waals surface area (Å²) in [7, 11) is -3.37. The van der Waals surface area contributed by atoms with Crippen molar-refractivity contribution in [3.8, 4) is 0 Å². The number of nitrogens with one attached hydrogen (secondary N) is 1. The predicted octanol–water partition coefficient (Wildman–Crippen LogP) is 3.71. The molecule has 5 aromatic rings. The van der Waals surface area contributed by atoms with Crippen molar-refractivity contribution >= 4 is 53.5 Å². The van der Waals surface area contributed by atoms with Crippen molar-refractivity contribution in [3.63, 3.8) is 0 Å². The number of aromatic nitrogens is 3. The van der Waals surface area contributed by atoms with Crippen molar-refractivity contribution in [2.45, 2.75) is 11.4 Å². The first-order valence-electron chi connectivity index (χ1n) is 10.2. The van der Waals surface area contributed by atoms with Gasteiger partial charge in [-0.15, -0.1) is 0 Å². The Labute approximate surface area is 198 Å². The SMILES string of the molecule is CS(=O)(=O)c1ccc2nc(NC(=O)c3cc4cccnc4n(Cc4ccccc4)c3=O)sc2c1. The van der Waals surface area contributed by atoms with E-state index in [0.717, 1.165) is 23.2 Å². The molecule has 170 valence electrons. The van der Waals surface area contributed by atoms with Gasteiger partial charge in [0.05, 0.1) is 21.7 Å². The number of benzene rings is 2. The molecule has 34 heavy (non-hydrogen) atoms. The number of carbonyl (C=O) groups excluding carboxylic acids is 1. The van der Waals surface area contributed by atoms with Gasteiger partial charge in [0.25, 0.3) is 11.5 Å². The highest BCUT2D eigenvalue weighted by molar-refractivity contribution is 7.90. The normalized spacial score (nSPS) is 11.7. The van der Waals surface area contributed by atoms with Crippen LogP contribution in [0.2, 0.25) is 0 Å². The zero-order valence-corrected chi connectivity index (χ0v) is 19.6. The summed E-state index contributed by atoms with van der Waals surface area (Å²) in [5.41, 5.74) is 1.44. The molecule has 8 nitrogen and oxygen atoms in total. The number of carbonyl (C=O) groups is 1. The van der Waals surface area contributed by atoms with Crippen LogP contribution < -0.4 is 10.9 Å². The third-order valence-corrected chi connectivity index (χ3v) is 7.33. The number of fused-ring (bicyclic) bond motifs is 2. The molecule has 0 fully saturated rings. The van der Waals surface area contributed by atoms with Crippen LogP contribution >= 0.6 is 11.3 Å². The number of amides is 1. The fourth-order valence-electron chi connectivity index (χ4n) is 3.64. The zero-order chi connectivity index (χ0) is 23.9. The highest BCUT2D eigenvalue weighted by Crippen LogP contribution is 2.28. The number of sulfone groups is 1. The molecule has 0 aliphatic heterocycles. The van der Waals surface area contributed by atoms with Gasteiger partial charge in [0.1, 0.15) is 11.2 Å². The number of hydrogen-bond donors (Lipinski definition) is 1. The van der Waals surface area contributed by atoms with Crippen LogP contribution in [-0.4, -0.2) is 35.1 Å². The molecule has 5 rings (SSSR count). The molecular weight excluding hydrogens is 472 g/mol. The van der Waals surface area contributed by atoms with Gasteiger partial charge in [-0.05, 0) is 42.0 Å². The Morgan fingerprint density at radius 3 is 2.62 bits per heavy atom. The van der Waals surface area contributed by atoms with Crippen LogP contribution in [0, 0.1) is 0 Å². The van der Waals surface area contributed by atoms with Gasteiger partial charge in [-0.1, -0.05) is 41.7 Å². The van der Waals surface area contributed by atoms with E-state index < -0.39 is 21.3 Å². The smallest absolute Gasteiger partial charge is 0.265 e. The molecule has 0 spiro atoms. The van der Waals surface area contributed by atoms with Crippen LogP contribution in [0.3, 0.4) is 0 Å². The van der Waals surface area contributed by atoms with E-state index in [1.165, 1.54) is 22.8 Å². The van der Waals surface area contributed by atoms with Gasteiger partial charge in [0.15, 0.2) is 15.0 Å². The minimum Gasteiger partial charge on any atom is -0.298 e. The second-order valence-electron chi connectivity index (χ2n) is 7.73. The monoisotopic (exact) mass is 490 g/mol. The van der Waals surface area contributed by atoms with Crippen molar-refractivity contribution in [2.75, 3.05) is 11.6 Å². The summed E-state index contributed by atoms with van der Waals surface area (Å²) in [6.45, 7) is 0.268. The molecule has 10 heteroatoms. The summed E-state index contributed by atoms with van der Waals surface area (Å²) >= 11 is 1.14. The van der Waals surface area contributed by atoms with Gasteiger partial charge in [0, 0.05) is 17.8 Å². The largest absolute Gasteiger partial charge is 0.298 e. The number of hydrogen-bond acceptors (Lipinski definition) is 7. The van der Waals surface area contributed by atoms with E-state index >= 15 is 0 Å². The van der Waals surface area contributed by atoms with Crippen molar-refractivity contribution in [1.29, 1.82) is 0 Å². The molecule has 0 atom stereocenters. The van der Waals surface area contributed by atoms with Crippen molar-refractivity contribution < 1.29 is 13.2 Å². The van der Waals surface area contributed by atoms with Crippen molar-refractivity contribution in [1.82, 2.24) is 14.5 Å². The summed E-state index contributed by atoms with van der Waals surface area (Å²) in [6, 6.07) is 19.1. The van der Waals surface area contributed by atoms with E-state index in [1.54, 1.807) is 24.4 Å². The van der Waals surface area contributed by atoms with Gasteiger partial charge in [-0.25, -0.2) is 18.4 Å². The second kappa shape index (κ2) is 8.47. The fraction of sp³-hybridized carbons (Fsp3) is 0.0833. The first-order chi connectivity index (χ1) is 16.3. The highest BCUT2D eigenvalue weighted by Gasteiger charge is 2.19.